The second-order valence-electron chi connectivity index (χ2n) is 6.16. The first-order chi connectivity index (χ1) is 10.2. The van der Waals surface area contributed by atoms with Crippen LogP contribution in [0.3, 0.4) is 0 Å². The molecule has 0 aromatic carbocycles. The normalized spacial score (nSPS) is 11.9. The number of carboxylic acid groups (broad SMARTS) is 1. The van der Waals surface area contributed by atoms with E-state index in [1.807, 2.05) is 0 Å². The maximum Gasteiger partial charge on any atom is 1.00 e. The quantitative estimate of drug-likeness (QED) is 0.316. The van der Waals surface area contributed by atoms with Gasteiger partial charge in [-0.25, -0.2) is 0 Å². The third kappa shape index (κ3) is 18.5. The van der Waals surface area contributed by atoms with Gasteiger partial charge in [-0.05, 0) is 18.8 Å². The van der Waals surface area contributed by atoms with Crippen molar-refractivity contribution in [2.75, 3.05) is 13.2 Å². The summed E-state index contributed by atoms with van der Waals surface area (Å²) in [7, 11) is 0. The number of aliphatic carboxylic acids is 1. The summed E-state index contributed by atoms with van der Waals surface area (Å²) >= 11 is 0. The minimum absolute atomic E-state index is 0. The first-order valence-electron chi connectivity index (χ1n) is 8.98. The fourth-order valence-electron chi connectivity index (χ4n) is 2.69. The number of hydrogen-bond donors (Lipinski definition) is 0. The number of hydrogen-bond acceptors (Lipinski definition) is 3. The van der Waals surface area contributed by atoms with Gasteiger partial charge in [0.05, 0.1) is 12.6 Å². The van der Waals surface area contributed by atoms with Crippen LogP contribution < -0.4 is 34.7 Å². The molecule has 0 saturated heterocycles. The Labute approximate surface area is 159 Å². The molecule has 0 rings (SSSR count). The molecule has 0 aliphatic carbocycles. The van der Waals surface area contributed by atoms with Crippen molar-refractivity contribution in [3.63, 3.8) is 0 Å². The van der Waals surface area contributed by atoms with Crippen molar-refractivity contribution in [2.24, 2.45) is 5.92 Å². The van der Waals surface area contributed by atoms with Gasteiger partial charge in [-0.1, -0.05) is 78.1 Å². The molecule has 0 aromatic rings. The molecule has 0 heterocycles. The summed E-state index contributed by atoms with van der Waals surface area (Å²) in [6.07, 6.45) is 15.3. The zero-order chi connectivity index (χ0) is 15.8. The van der Waals surface area contributed by atoms with Gasteiger partial charge in [-0.15, -0.1) is 0 Å². The van der Waals surface area contributed by atoms with Crippen molar-refractivity contribution in [3.8, 4) is 0 Å². The van der Waals surface area contributed by atoms with E-state index < -0.39 is 5.97 Å². The zero-order valence-electron chi connectivity index (χ0n) is 15.2. The second kappa shape index (κ2) is 19.5. The smallest absolute Gasteiger partial charge is 0.548 e. The molecule has 22 heavy (non-hydrogen) atoms. The minimum atomic E-state index is -1.11. The molecule has 0 amide bonds. The van der Waals surface area contributed by atoms with Crippen LogP contribution in [-0.4, -0.2) is 19.2 Å². The molecule has 1 atom stereocenters. The molecule has 0 aliphatic rings. The van der Waals surface area contributed by atoms with Gasteiger partial charge in [0.1, 0.15) is 0 Å². The van der Waals surface area contributed by atoms with Crippen LogP contribution in [0.5, 0.6) is 0 Å². The van der Waals surface area contributed by atoms with E-state index in [0.717, 1.165) is 0 Å². The van der Waals surface area contributed by atoms with Gasteiger partial charge in [0, 0.05) is 6.61 Å². The van der Waals surface area contributed by atoms with E-state index in [1.165, 1.54) is 77.0 Å². The average Bonchev–Trinajstić information content (AvgIpc) is 2.46. The first-order valence-corrected chi connectivity index (χ1v) is 8.98. The fourth-order valence-corrected chi connectivity index (χ4v) is 2.69. The Kier molecular flexibility index (Phi) is 21.8. The predicted octanol–water partition coefficient (Wildman–Crippen LogP) is 1.09. The Morgan fingerprint density at radius 1 is 0.864 bits per heavy atom. The van der Waals surface area contributed by atoms with Crippen LogP contribution in [0.1, 0.15) is 90.9 Å². The van der Waals surface area contributed by atoms with E-state index in [-0.39, 0.29) is 36.2 Å². The molecule has 0 spiro atoms. The van der Waals surface area contributed by atoms with Crippen molar-refractivity contribution < 1.29 is 44.2 Å². The number of carbonyl (C=O) groups excluding carboxylic acids is 1. The average molecular weight is 322 g/mol. The van der Waals surface area contributed by atoms with Crippen LogP contribution in [-0.2, 0) is 9.53 Å². The van der Waals surface area contributed by atoms with E-state index in [9.17, 15) is 9.90 Å². The molecular weight excluding hydrogens is 287 g/mol. The Morgan fingerprint density at radius 3 is 1.82 bits per heavy atom. The van der Waals surface area contributed by atoms with Crippen LogP contribution in [0, 0.1) is 5.92 Å². The van der Waals surface area contributed by atoms with Gasteiger partial charge in [0.25, 0.3) is 0 Å². The molecule has 0 aromatic heterocycles. The Hall–Kier alpha value is 0.430. The fraction of sp³-hybridized carbons (Fsp3) is 0.944. The van der Waals surface area contributed by atoms with E-state index >= 15 is 0 Å². The summed E-state index contributed by atoms with van der Waals surface area (Å²) in [6.45, 7) is 4.77. The van der Waals surface area contributed by atoms with Crippen molar-refractivity contribution in [1.29, 1.82) is 0 Å². The van der Waals surface area contributed by atoms with Crippen LogP contribution in [0.25, 0.3) is 0 Å². The molecule has 0 fully saturated rings. The van der Waals surface area contributed by atoms with Gasteiger partial charge < -0.3 is 14.6 Å². The maximum absolute atomic E-state index is 10.4. The standard InChI is InChI=1S/C18H36O3.Na/c1-3-5-7-9-10-12-14-17(13-11-8-6-4-2)15-21-16-18(19)20;/h17H,3-16H2,1-2H3,(H,19,20);/q;+1/p-1. The van der Waals surface area contributed by atoms with Crippen molar-refractivity contribution in [2.45, 2.75) is 90.9 Å². The molecule has 0 bridgehead atoms. The molecule has 0 aliphatic heterocycles. The zero-order valence-corrected chi connectivity index (χ0v) is 17.2. The molecule has 3 nitrogen and oxygen atoms in total. The van der Waals surface area contributed by atoms with Crippen LogP contribution in [0.4, 0.5) is 0 Å². The number of unbranched alkanes of at least 4 members (excludes halogenated alkanes) is 8. The third-order valence-corrected chi connectivity index (χ3v) is 4.01. The summed E-state index contributed by atoms with van der Waals surface area (Å²) < 4.78 is 5.25. The SMILES string of the molecule is CCCCCCCCC(CCCCCC)COCC(=O)[O-].[Na+]. The number of carbonyl (C=O) groups is 1. The van der Waals surface area contributed by atoms with Crippen molar-refractivity contribution in [1.82, 2.24) is 0 Å². The number of carboxylic acids is 1. The molecular formula is C18H35NaO3. The Bertz CT molecular complexity index is 234. The van der Waals surface area contributed by atoms with Gasteiger partial charge in [-0.2, -0.15) is 0 Å². The predicted molar refractivity (Wildman–Crippen MR) is 86.1 cm³/mol. The third-order valence-electron chi connectivity index (χ3n) is 4.01. The van der Waals surface area contributed by atoms with Gasteiger partial charge >= 0.3 is 29.6 Å². The Balaban J connectivity index is 0. The van der Waals surface area contributed by atoms with Crippen LogP contribution >= 0.6 is 0 Å². The molecule has 0 N–H and O–H groups in total. The first kappa shape index (κ1) is 24.7. The Morgan fingerprint density at radius 2 is 1.32 bits per heavy atom. The summed E-state index contributed by atoms with van der Waals surface area (Å²) in [6, 6.07) is 0. The summed E-state index contributed by atoms with van der Waals surface area (Å²) in [5.74, 6) is -0.591. The van der Waals surface area contributed by atoms with E-state index in [2.05, 4.69) is 13.8 Å². The van der Waals surface area contributed by atoms with E-state index in [4.69, 9.17) is 4.74 Å². The van der Waals surface area contributed by atoms with Gasteiger partial charge in [-0.3, -0.25) is 0 Å². The molecule has 0 saturated carbocycles. The monoisotopic (exact) mass is 322 g/mol. The van der Waals surface area contributed by atoms with E-state index in [0.29, 0.717) is 12.5 Å². The molecule has 4 heteroatoms. The molecule has 1 unspecified atom stereocenters. The van der Waals surface area contributed by atoms with Crippen molar-refractivity contribution >= 4 is 5.97 Å². The summed E-state index contributed by atoms with van der Waals surface area (Å²) in [4.78, 5) is 10.4. The van der Waals surface area contributed by atoms with Crippen LogP contribution in [0.15, 0.2) is 0 Å². The largest absolute Gasteiger partial charge is 1.00 e. The molecule has 0 radical (unpaired) electrons. The maximum atomic E-state index is 10.4. The van der Waals surface area contributed by atoms with Crippen molar-refractivity contribution in [3.05, 3.63) is 0 Å². The van der Waals surface area contributed by atoms with E-state index in [1.54, 1.807) is 0 Å². The summed E-state index contributed by atoms with van der Waals surface area (Å²) in [5.41, 5.74) is 0. The molecule has 126 valence electrons. The number of rotatable bonds is 16. The topological polar surface area (TPSA) is 49.4 Å². The van der Waals surface area contributed by atoms with Gasteiger partial charge in [0.15, 0.2) is 0 Å². The second-order valence-corrected chi connectivity index (χ2v) is 6.16. The summed E-state index contributed by atoms with van der Waals surface area (Å²) in [5, 5.41) is 10.4. The van der Waals surface area contributed by atoms with Gasteiger partial charge in [0.2, 0.25) is 0 Å². The number of ether oxygens (including phenoxy) is 1. The van der Waals surface area contributed by atoms with Crippen LogP contribution in [0.2, 0.25) is 0 Å². The minimum Gasteiger partial charge on any atom is -0.548 e.